The van der Waals surface area contributed by atoms with Crippen LogP contribution in [0.25, 0.3) is 16.2 Å². The van der Waals surface area contributed by atoms with Gasteiger partial charge in [-0.15, -0.1) is 11.3 Å². The van der Waals surface area contributed by atoms with E-state index in [1.165, 1.54) is 0 Å². The fraction of sp³-hybridized carbons (Fsp3) is 0.368. The number of nitrogens with zero attached hydrogens (tertiary/aromatic N) is 2. The van der Waals surface area contributed by atoms with Gasteiger partial charge in [0, 0.05) is 36.0 Å². The van der Waals surface area contributed by atoms with E-state index >= 15 is 0 Å². The van der Waals surface area contributed by atoms with Crippen LogP contribution in [0.3, 0.4) is 0 Å². The summed E-state index contributed by atoms with van der Waals surface area (Å²) >= 11 is 1.56. The highest BCUT2D eigenvalue weighted by atomic mass is 32.1. The van der Waals surface area contributed by atoms with Crippen LogP contribution in [-0.4, -0.2) is 34.5 Å². The van der Waals surface area contributed by atoms with Gasteiger partial charge in [0.05, 0.1) is 18.2 Å². The lowest BCUT2D eigenvalue weighted by atomic mass is 10.2. The van der Waals surface area contributed by atoms with Crippen LogP contribution in [0.5, 0.6) is 0 Å². The zero-order valence-corrected chi connectivity index (χ0v) is 15.4. The minimum absolute atomic E-state index is 0.0270. The first-order valence-electron chi connectivity index (χ1n) is 8.52. The minimum Gasteiger partial charge on any atom is -0.379 e. The number of nitrogens with one attached hydrogen (secondary N) is 1. The normalized spacial score (nSPS) is 11.3. The Bertz CT molecular complexity index is 824. The maximum absolute atomic E-state index is 12.1. The standard InChI is InChI=1S/C19H23N3O2S/c1-14(2)24-10-6-9-20-18(23)11-16-13-25-19-21-17(12-22(16)19)15-7-4-3-5-8-15/h3-5,7-8,12-14H,6,9-11H2,1-2H3,(H,20,23). The number of imidazole rings is 1. The molecule has 2 aromatic heterocycles. The molecule has 0 aliphatic rings. The average molecular weight is 357 g/mol. The number of amides is 1. The van der Waals surface area contributed by atoms with Gasteiger partial charge >= 0.3 is 0 Å². The topological polar surface area (TPSA) is 55.6 Å². The van der Waals surface area contributed by atoms with Crippen LogP contribution in [0.2, 0.25) is 0 Å². The van der Waals surface area contributed by atoms with Crippen LogP contribution in [0.1, 0.15) is 26.0 Å². The SMILES string of the molecule is CC(C)OCCCNC(=O)Cc1csc2nc(-c3ccccc3)cn12. The predicted molar refractivity (Wildman–Crippen MR) is 101 cm³/mol. The molecule has 1 amide bonds. The Hall–Kier alpha value is -2.18. The second-order valence-corrected chi connectivity index (χ2v) is 7.01. The zero-order chi connectivity index (χ0) is 17.6. The van der Waals surface area contributed by atoms with Gasteiger partial charge in [-0.05, 0) is 20.3 Å². The van der Waals surface area contributed by atoms with Crippen LogP contribution in [-0.2, 0) is 16.0 Å². The molecule has 25 heavy (non-hydrogen) atoms. The number of benzene rings is 1. The van der Waals surface area contributed by atoms with Gasteiger partial charge in [0.1, 0.15) is 0 Å². The minimum atomic E-state index is 0.0270. The second-order valence-electron chi connectivity index (χ2n) is 6.17. The molecular weight excluding hydrogens is 334 g/mol. The van der Waals surface area contributed by atoms with Crippen molar-refractivity contribution in [3.05, 3.63) is 47.6 Å². The lowest BCUT2D eigenvalue weighted by Crippen LogP contribution is -2.27. The summed E-state index contributed by atoms with van der Waals surface area (Å²) in [6.07, 6.45) is 3.41. The number of carbonyl (C=O) groups excluding carboxylic acids is 1. The number of thiazole rings is 1. The third-order valence-electron chi connectivity index (χ3n) is 3.79. The molecule has 1 aromatic carbocycles. The quantitative estimate of drug-likeness (QED) is 0.628. The van der Waals surface area contributed by atoms with E-state index in [4.69, 9.17) is 4.74 Å². The average Bonchev–Trinajstić information content (AvgIpc) is 3.17. The Labute approximate surface area is 151 Å². The highest BCUT2D eigenvalue weighted by molar-refractivity contribution is 7.15. The first-order valence-corrected chi connectivity index (χ1v) is 9.40. The lowest BCUT2D eigenvalue weighted by Gasteiger charge is -2.08. The first-order chi connectivity index (χ1) is 12.1. The van der Waals surface area contributed by atoms with Crippen molar-refractivity contribution < 1.29 is 9.53 Å². The van der Waals surface area contributed by atoms with Crippen LogP contribution in [0, 0.1) is 0 Å². The molecule has 0 atom stereocenters. The van der Waals surface area contributed by atoms with Crippen molar-refractivity contribution in [2.75, 3.05) is 13.2 Å². The summed E-state index contributed by atoms with van der Waals surface area (Å²) in [7, 11) is 0. The Morgan fingerprint density at radius 3 is 2.88 bits per heavy atom. The highest BCUT2D eigenvalue weighted by Gasteiger charge is 2.12. The Morgan fingerprint density at radius 1 is 1.32 bits per heavy atom. The van der Waals surface area contributed by atoms with E-state index in [2.05, 4.69) is 10.3 Å². The van der Waals surface area contributed by atoms with E-state index in [0.717, 1.165) is 28.3 Å². The van der Waals surface area contributed by atoms with Crippen molar-refractivity contribution in [1.82, 2.24) is 14.7 Å². The fourth-order valence-corrected chi connectivity index (χ4v) is 3.42. The molecule has 3 rings (SSSR count). The number of aromatic nitrogens is 2. The summed E-state index contributed by atoms with van der Waals surface area (Å²) in [4.78, 5) is 17.7. The zero-order valence-electron chi connectivity index (χ0n) is 14.6. The summed E-state index contributed by atoms with van der Waals surface area (Å²) in [5.41, 5.74) is 2.98. The molecule has 0 aliphatic carbocycles. The van der Waals surface area contributed by atoms with Crippen LogP contribution in [0.15, 0.2) is 41.9 Å². The number of carbonyl (C=O) groups is 1. The van der Waals surface area contributed by atoms with Crippen LogP contribution >= 0.6 is 11.3 Å². The van der Waals surface area contributed by atoms with Crippen molar-refractivity contribution >= 4 is 22.2 Å². The van der Waals surface area contributed by atoms with Gasteiger partial charge < -0.3 is 10.1 Å². The van der Waals surface area contributed by atoms with E-state index in [0.29, 0.717) is 19.6 Å². The second kappa shape index (κ2) is 8.27. The molecule has 0 spiro atoms. The van der Waals surface area contributed by atoms with E-state index in [1.54, 1.807) is 11.3 Å². The monoisotopic (exact) mass is 357 g/mol. The first kappa shape index (κ1) is 17.6. The van der Waals surface area contributed by atoms with Crippen molar-refractivity contribution in [3.63, 3.8) is 0 Å². The van der Waals surface area contributed by atoms with E-state index in [9.17, 15) is 4.79 Å². The van der Waals surface area contributed by atoms with Crippen LogP contribution < -0.4 is 5.32 Å². The van der Waals surface area contributed by atoms with E-state index in [-0.39, 0.29) is 12.0 Å². The van der Waals surface area contributed by atoms with Gasteiger partial charge in [0.2, 0.25) is 5.91 Å². The maximum atomic E-state index is 12.1. The summed E-state index contributed by atoms with van der Waals surface area (Å²) in [5.74, 6) is 0.0270. The number of rotatable bonds is 8. The third-order valence-corrected chi connectivity index (χ3v) is 4.68. The summed E-state index contributed by atoms with van der Waals surface area (Å²) in [5, 5.41) is 4.95. The summed E-state index contributed by atoms with van der Waals surface area (Å²) < 4.78 is 7.48. The number of hydrogen-bond acceptors (Lipinski definition) is 4. The smallest absolute Gasteiger partial charge is 0.225 e. The molecule has 2 heterocycles. The maximum Gasteiger partial charge on any atom is 0.225 e. The molecule has 0 saturated carbocycles. The predicted octanol–water partition coefficient (Wildman–Crippen LogP) is 3.54. The van der Waals surface area contributed by atoms with Crippen molar-refractivity contribution in [3.8, 4) is 11.3 Å². The molecule has 0 bridgehead atoms. The van der Waals surface area contributed by atoms with E-state index in [1.807, 2.05) is 60.2 Å². The Morgan fingerprint density at radius 2 is 2.12 bits per heavy atom. The largest absolute Gasteiger partial charge is 0.379 e. The van der Waals surface area contributed by atoms with Crippen molar-refractivity contribution in [1.29, 1.82) is 0 Å². The summed E-state index contributed by atoms with van der Waals surface area (Å²) in [6.45, 7) is 5.32. The lowest BCUT2D eigenvalue weighted by molar-refractivity contribution is -0.120. The molecular formula is C19H23N3O2S. The molecule has 0 unspecified atom stereocenters. The number of hydrogen-bond donors (Lipinski definition) is 1. The van der Waals surface area contributed by atoms with Gasteiger partial charge in [-0.25, -0.2) is 4.98 Å². The van der Waals surface area contributed by atoms with Gasteiger partial charge in [-0.3, -0.25) is 9.20 Å². The molecule has 0 radical (unpaired) electrons. The molecule has 0 aliphatic heterocycles. The number of ether oxygens (including phenoxy) is 1. The number of fused-ring (bicyclic) bond motifs is 1. The third kappa shape index (κ3) is 4.67. The van der Waals surface area contributed by atoms with Gasteiger partial charge in [0.15, 0.2) is 4.96 Å². The van der Waals surface area contributed by atoms with Crippen LogP contribution in [0.4, 0.5) is 0 Å². The molecule has 6 heteroatoms. The molecule has 3 aromatic rings. The highest BCUT2D eigenvalue weighted by Crippen LogP contribution is 2.23. The molecule has 132 valence electrons. The van der Waals surface area contributed by atoms with Gasteiger partial charge in [-0.1, -0.05) is 30.3 Å². The van der Waals surface area contributed by atoms with Gasteiger partial charge in [0.25, 0.3) is 0 Å². The molecule has 1 N–H and O–H groups in total. The van der Waals surface area contributed by atoms with Gasteiger partial charge in [-0.2, -0.15) is 0 Å². The summed E-state index contributed by atoms with van der Waals surface area (Å²) in [6, 6.07) is 10.1. The van der Waals surface area contributed by atoms with Crippen molar-refractivity contribution in [2.24, 2.45) is 0 Å². The molecule has 5 nitrogen and oxygen atoms in total. The Kier molecular flexibility index (Phi) is 5.83. The fourth-order valence-electron chi connectivity index (χ4n) is 2.55. The molecule has 0 saturated heterocycles. The molecule has 0 fully saturated rings. The Balaban J connectivity index is 1.58. The van der Waals surface area contributed by atoms with Crippen molar-refractivity contribution in [2.45, 2.75) is 32.8 Å². The van der Waals surface area contributed by atoms with E-state index < -0.39 is 0 Å².